The van der Waals surface area contributed by atoms with Gasteiger partial charge in [0.15, 0.2) is 11.6 Å². The lowest BCUT2D eigenvalue weighted by Gasteiger charge is -2.17. The van der Waals surface area contributed by atoms with Crippen LogP contribution in [0.3, 0.4) is 0 Å². The van der Waals surface area contributed by atoms with E-state index >= 15 is 0 Å². The lowest BCUT2D eigenvalue weighted by molar-refractivity contribution is 0.470. The van der Waals surface area contributed by atoms with Crippen LogP contribution in [0.4, 0.5) is 8.78 Å². The van der Waals surface area contributed by atoms with Gasteiger partial charge in [0.05, 0.1) is 17.9 Å². The van der Waals surface area contributed by atoms with Gasteiger partial charge in [0, 0.05) is 6.54 Å². The average Bonchev–Trinajstić information content (AvgIpc) is 2.88. The van der Waals surface area contributed by atoms with Crippen molar-refractivity contribution < 1.29 is 8.78 Å². The lowest BCUT2D eigenvalue weighted by atomic mass is 10.0. The number of benzene rings is 1. The van der Waals surface area contributed by atoms with Crippen molar-refractivity contribution in [1.82, 2.24) is 20.4 Å². The first kappa shape index (κ1) is 14.5. The fraction of sp³-hybridized carbons (Fsp3) is 0.385. The maximum absolute atomic E-state index is 13.2. The van der Waals surface area contributed by atoms with E-state index in [1.54, 1.807) is 10.9 Å². The summed E-state index contributed by atoms with van der Waals surface area (Å²) in [6.45, 7) is 2.76. The Bertz CT molecular complexity index is 570. The molecule has 0 aliphatic heterocycles. The summed E-state index contributed by atoms with van der Waals surface area (Å²) in [5.41, 5.74) is 4.14. The van der Waals surface area contributed by atoms with Crippen LogP contribution in [-0.4, -0.2) is 15.0 Å². The number of nitrogens with one attached hydrogen (secondary N) is 1. The fourth-order valence-corrected chi connectivity index (χ4v) is 2.07. The van der Waals surface area contributed by atoms with Crippen molar-refractivity contribution in [2.24, 2.45) is 5.84 Å². The zero-order valence-electron chi connectivity index (χ0n) is 11.2. The highest BCUT2D eigenvalue weighted by Gasteiger charge is 2.17. The number of hydrazine groups is 1. The molecular weight excluding hydrogens is 264 g/mol. The van der Waals surface area contributed by atoms with Gasteiger partial charge in [-0.15, -0.1) is 5.10 Å². The van der Waals surface area contributed by atoms with Crippen molar-refractivity contribution in [2.45, 2.75) is 32.4 Å². The van der Waals surface area contributed by atoms with E-state index in [0.717, 1.165) is 24.7 Å². The number of nitrogens with zero attached hydrogens (tertiary/aromatic N) is 3. The predicted octanol–water partition coefficient (Wildman–Crippen LogP) is 1.71. The maximum atomic E-state index is 13.2. The molecule has 0 saturated carbocycles. The Balaban J connectivity index is 2.19. The molecule has 0 aliphatic carbocycles. The summed E-state index contributed by atoms with van der Waals surface area (Å²) in [4.78, 5) is 0. The van der Waals surface area contributed by atoms with Gasteiger partial charge in [-0.25, -0.2) is 13.5 Å². The molecule has 0 saturated heterocycles. The third-order valence-corrected chi connectivity index (χ3v) is 3.07. The van der Waals surface area contributed by atoms with Crippen molar-refractivity contribution in [3.63, 3.8) is 0 Å². The number of halogens is 2. The van der Waals surface area contributed by atoms with Gasteiger partial charge in [-0.05, 0) is 30.5 Å². The van der Waals surface area contributed by atoms with Crippen molar-refractivity contribution >= 4 is 0 Å². The van der Waals surface area contributed by atoms with E-state index < -0.39 is 11.6 Å². The molecule has 0 fully saturated rings. The van der Waals surface area contributed by atoms with Gasteiger partial charge in [0.2, 0.25) is 0 Å². The molecule has 0 spiro atoms. The molecule has 2 aromatic rings. The first-order chi connectivity index (χ1) is 9.65. The third-order valence-electron chi connectivity index (χ3n) is 3.07. The second kappa shape index (κ2) is 6.53. The highest BCUT2D eigenvalue weighted by atomic mass is 19.2. The smallest absolute Gasteiger partial charge is 0.159 e. The van der Waals surface area contributed by atoms with Crippen LogP contribution in [0.2, 0.25) is 0 Å². The Kier molecular flexibility index (Phi) is 4.75. The number of aromatic nitrogens is 3. The van der Waals surface area contributed by atoms with E-state index in [1.807, 2.05) is 6.92 Å². The minimum absolute atomic E-state index is 0.263. The van der Waals surface area contributed by atoms with Crippen molar-refractivity contribution in [3.05, 3.63) is 47.3 Å². The largest absolute Gasteiger partial charge is 0.271 e. The van der Waals surface area contributed by atoms with E-state index in [4.69, 9.17) is 5.84 Å². The summed E-state index contributed by atoms with van der Waals surface area (Å²) < 4.78 is 27.9. The molecule has 2 rings (SSSR count). The molecule has 0 aliphatic rings. The quantitative estimate of drug-likeness (QED) is 0.625. The SMILES string of the molecule is CCCn1nncc1C(Cc1ccc(F)c(F)c1)NN. The summed E-state index contributed by atoms with van der Waals surface area (Å²) in [6, 6.07) is 3.56. The Hall–Kier alpha value is -1.86. The Labute approximate surface area is 115 Å². The standard InChI is InChI=1S/C13H17F2N5/c1-2-5-20-13(8-17-19-20)12(18-16)7-9-3-4-10(14)11(15)6-9/h3-4,6,8,12,18H,2,5,7,16H2,1H3. The Morgan fingerprint density at radius 1 is 1.35 bits per heavy atom. The predicted molar refractivity (Wildman–Crippen MR) is 70.4 cm³/mol. The molecule has 108 valence electrons. The number of hydrogen-bond acceptors (Lipinski definition) is 4. The Morgan fingerprint density at radius 3 is 2.80 bits per heavy atom. The zero-order valence-corrected chi connectivity index (χ0v) is 11.2. The number of rotatable bonds is 6. The summed E-state index contributed by atoms with van der Waals surface area (Å²) in [7, 11) is 0. The Morgan fingerprint density at radius 2 is 2.15 bits per heavy atom. The van der Waals surface area contributed by atoms with Gasteiger partial charge < -0.3 is 0 Å². The summed E-state index contributed by atoms with van der Waals surface area (Å²) in [6.07, 6.45) is 2.96. The molecule has 0 bridgehead atoms. The minimum atomic E-state index is -0.863. The molecule has 0 amide bonds. The van der Waals surface area contributed by atoms with Crippen LogP contribution in [0.15, 0.2) is 24.4 Å². The topological polar surface area (TPSA) is 68.8 Å². The van der Waals surface area contributed by atoms with Crippen LogP contribution in [-0.2, 0) is 13.0 Å². The van der Waals surface area contributed by atoms with E-state index in [1.165, 1.54) is 12.1 Å². The molecular formula is C13H17F2N5. The van der Waals surface area contributed by atoms with Crippen molar-refractivity contribution in [2.75, 3.05) is 0 Å². The van der Waals surface area contributed by atoms with Crippen LogP contribution in [0, 0.1) is 11.6 Å². The van der Waals surface area contributed by atoms with E-state index in [0.29, 0.717) is 12.0 Å². The second-order valence-corrected chi connectivity index (χ2v) is 4.55. The monoisotopic (exact) mass is 281 g/mol. The third kappa shape index (κ3) is 3.17. The fourth-order valence-electron chi connectivity index (χ4n) is 2.07. The highest BCUT2D eigenvalue weighted by molar-refractivity contribution is 5.20. The van der Waals surface area contributed by atoms with Gasteiger partial charge in [0.1, 0.15) is 0 Å². The maximum Gasteiger partial charge on any atom is 0.159 e. The minimum Gasteiger partial charge on any atom is -0.271 e. The van der Waals surface area contributed by atoms with E-state index in [9.17, 15) is 8.78 Å². The zero-order chi connectivity index (χ0) is 14.5. The summed E-state index contributed by atoms with van der Waals surface area (Å²) in [5.74, 6) is 3.84. The van der Waals surface area contributed by atoms with Crippen molar-refractivity contribution in [3.8, 4) is 0 Å². The van der Waals surface area contributed by atoms with Gasteiger partial charge in [-0.1, -0.05) is 18.2 Å². The number of hydrogen-bond donors (Lipinski definition) is 2. The molecule has 3 N–H and O–H groups in total. The van der Waals surface area contributed by atoms with Crippen LogP contribution in [0.1, 0.15) is 30.6 Å². The molecule has 1 heterocycles. The first-order valence-corrected chi connectivity index (χ1v) is 6.44. The molecule has 1 unspecified atom stereocenters. The second-order valence-electron chi connectivity index (χ2n) is 4.55. The van der Waals surface area contributed by atoms with Crippen LogP contribution in [0.5, 0.6) is 0 Å². The molecule has 1 aromatic heterocycles. The van der Waals surface area contributed by atoms with Crippen molar-refractivity contribution in [1.29, 1.82) is 0 Å². The van der Waals surface area contributed by atoms with Crippen LogP contribution >= 0.6 is 0 Å². The summed E-state index contributed by atoms with van der Waals surface area (Å²) in [5, 5.41) is 7.85. The van der Waals surface area contributed by atoms with Crippen LogP contribution < -0.4 is 11.3 Å². The number of aryl methyl sites for hydroxylation is 1. The van der Waals surface area contributed by atoms with Gasteiger partial charge in [0.25, 0.3) is 0 Å². The van der Waals surface area contributed by atoms with Crippen LogP contribution in [0.25, 0.3) is 0 Å². The highest BCUT2D eigenvalue weighted by Crippen LogP contribution is 2.18. The molecule has 1 atom stereocenters. The molecule has 5 nitrogen and oxygen atoms in total. The molecule has 20 heavy (non-hydrogen) atoms. The van der Waals surface area contributed by atoms with Gasteiger partial charge in [-0.2, -0.15) is 0 Å². The molecule has 0 radical (unpaired) electrons. The van der Waals surface area contributed by atoms with Gasteiger partial charge >= 0.3 is 0 Å². The number of nitrogens with two attached hydrogens (primary N) is 1. The van der Waals surface area contributed by atoms with Gasteiger partial charge in [-0.3, -0.25) is 11.3 Å². The first-order valence-electron chi connectivity index (χ1n) is 6.44. The van der Waals surface area contributed by atoms with E-state index in [-0.39, 0.29) is 6.04 Å². The van der Waals surface area contributed by atoms with E-state index in [2.05, 4.69) is 15.7 Å². The lowest BCUT2D eigenvalue weighted by Crippen LogP contribution is -2.31. The molecule has 7 heteroatoms. The molecule has 1 aromatic carbocycles. The normalized spacial score (nSPS) is 12.6. The average molecular weight is 281 g/mol. The summed E-state index contributed by atoms with van der Waals surface area (Å²) >= 11 is 0.